The van der Waals surface area contributed by atoms with Gasteiger partial charge >= 0.3 is 0 Å². The second kappa shape index (κ2) is 9.43. The van der Waals surface area contributed by atoms with E-state index >= 15 is 0 Å². The monoisotopic (exact) mass is 414 g/mol. The van der Waals surface area contributed by atoms with Crippen LogP contribution in [-0.2, 0) is 9.53 Å². The van der Waals surface area contributed by atoms with Crippen molar-refractivity contribution in [1.29, 1.82) is 0 Å². The maximum absolute atomic E-state index is 12.8. The average molecular weight is 415 g/mol. The molecule has 1 saturated carbocycles. The summed E-state index contributed by atoms with van der Waals surface area (Å²) in [6.07, 6.45) is 5.20. The maximum atomic E-state index is 12.8. The number of morpholine rings is 1. The van der Waals surface area contributed by atoms with E-state index in [-0.39, 0.29) is 17.9 Å². The van der Waals surface area contributed by atoms with Crippen LogP contribution in [0, 0.1) is 19.8 Å². The molecule has 2 amide bonds. The minimum absolute atomic E-state index is 0.0563. The first-order chi connectivity index (χ1) is 14.5. The number of nitrogens with zero attached hydrogens (tertiary/aromatic N) is 3. The van der Waals surface area contributed by atoms with Crippen LogP contribution in [0.15, 0.2) is 12.1 Å². The number of aryl methyl sites for hydroxylation is 2. The number of likely N-dealkylation sites (tertiary alicyclic amines) is 1. The predicted octanol–water partition coefficient (Wildman–Crippen LogP) is 1.92. The summed E-state index contributed by atoms with van der Waals surface area (Å²) in [6.45, 7) is 8.18. The summed E-state index contributed by atoms with van der Waals surface area (Å²) < 4.78 is 5.38. The van der Waals surface area contributed by atoms with Crippen LogP contribution in [0.3, 0.4) is 0 Å². The largest absolute Gasteiger partial charge is 0.378 e. The van der Waals surface area contributed by atoms with Crippen LogP contribution in [0.25, 0.3) is 0 Å². The van der Waals surface area contributed by atoms with Crippen molar-refractivity contribution in [2.24, 2.45) is 5.92 Å². The third-order valence-corrected chi connectivity index (χ3v) is 6.68. The van der Waals surface area contributed by atoms with Gasteiger partial charge in [-0.2, -0.15) is 0 Å². The molecule has 164 valence electrons. The van der Waals surface area contributed by atoms with Gasteiger partial charge in [-0.15, -0.1) is 0 Å². The highest BCUT2D eigenvalue weighted by molar-refractivity contribution is 5.95. The van der Waals surface area contributed by atoms with Crippen molar-refractivity contribution in [3.8, 4) is 0 Å². The molecule has 7 nitrogen and oxygen atoms in total. The number of carbonyl (C=O) groups excluding carboxylic acids is 2. The minimum Gasteiger partial charge on any atom is -0.378 e. The van der Waals surface area contributed by atoms with Gasteiger partial charge in [-0.3, -0.25) is 19.5 Å². The van der Waals surface area contributed by atoms with Gasteiger partial charge in [-0.05, 0) is 57.6 Å². The summed E-state index contributed by atoms with van der Waals surface area (Å²) in [4.78, 5) is 34.3. The Morgan fingerprint density at radius 3 is 2.53 bits per heavy atom. The van der Waals surface area contributed by atoms with Crippen LogP contribution in [0.5, 0.6) is 0 Å². The number of carbonyl (C=O) groups is 2. The van der Waals surface area contributed by atoms with Crippen molar-refractivity contribution < 1.29 is 14.3 Å². The molecule has 0 spiro atoms. The molecule has 30 heavy (non-hydrogen) atoms. The van der Waals surface area contributed by atoms with Crippen LogP contribution < -0.4 is 5.32 Å². The van der Waals surface area contributed by atoms with E-state index < -0.39 is 0 Å². The van der Waals surface area contributed by atoms with E-state index in [0.717, 1.165) is 36.7 Å². The van der Waals surface area contributed by atoms with E-state index in [9.17, 15) is 9.59 Å². The van der Waals surface area contributed by atoms with Gasteiger partial charge in [0, 0.05) is 50.4 Å². The average Bonchev–Trinajstić information content (AvgIpc) is 3.48. The van der Waals surface area contributed by atoms with Gasteiger partial charge in [0.2, 0.25) is 5.91 Å². The highest BCUT2D eigenvalue weighted by Crippen LogP contribution is 2.35. The summed E-state index contributed by atoms with van der Waals surface area (Å²) >= 11 is 0. The van der Waals surface area contributed by atoms with Gasteiger partial charge in [-0.25, -0.2) is 0 Å². The molecule has 0 aromatic carbocycles. The molecule has 3 fully saturated rings. The number of hydrogen-bond donors (Lipinski definition) is 1. The molecule has 1 aromatic heterocycles. The van der Waals surface area contributed by atoms with Crippen LogP contribution >= 0.6 is 0 Å². The molecule has 2 aliphatic heterocycles. The highest BCUT2D eigenvalue weighted by atomic mass is 16.5. The molecule has 1 aromatic rings. The second-order valence-electron chi connectivity index (χ2n) is 9.02. The van der Waals surface area contributed by atoms with E-state index in [2.05, 4.69) is 15.2 Å². The quantitative estimate of drug-likeness (QED) is 0.738. The fraction of sp³-hybridized carbons (Fsp3) is 0.696. The molecule has 7 heteroatoms. The van der Waals surface area contributed by atoms with Gasteiger partial charge in [0.25, 0.3) is 5.91 Å². The zero-order chi connectivity index (χ0) is 21.1. The number of ether oxygens (including phenoxy) is 1. The highest BCUT2D eigenvalue weighted by Gasteiger charge is 2.38. The van der Waals surface area contributed by atoms with Gasteiger partial charge in [0.1, 0.15) is 0 Å². The molecule has 0 radical (unpaired) electrons. The van der Waals surface area contributed by atoms with Gasteiger partial charge in [0.05, 0.1) is 24.5 Å². The van der Waals surface area contributed by atoms with Crippen LogP contribution in [0.4, 0.5) is 0 Å². The second-order valence-corrected chi connectivity index (χ2v) is 9.02. The molecule has 3 heterocycles. The Balaban J connectivity index is 1.35. The third kappa shape index (κ3) is 5.19. The minimum atomic E-state index is -0.0563. The van der Waals surface area contributed by atoms with Crippen LogP contribution in [0.1, 0.15) is 53.8 Å². The molecule has 1 aliphatic carbocycles. The van der Waals surface area contributed by atoms with Gasteiger partial charge < -0.3 is 15.0 Å². The topological polar surface area (TPSA) is 74.8 Å². The van der Waals surface area contributed by atoms with E-state index in [1.54, 1.807) is 0 Å². The first-order valence-corrected chi connectivity index (χ1v) is 11.3. The summed E-state index contributed by atoms with van der Waals surface area (Å²) in [7, 11) is 0. The van der Waals surface area contributed by atoms with Crippen LogP contribution in [-0.4, -0.2) is 78.1 Å². The Morgan fingerprint density at radius 2 is 1.83 bits per heavy atom. The summed E-state index contributed by atoms with van der Waals surface area (Å²) in [5, 5.41) is 3.13. The van der Waals surface area contributed by atoms with E-state index in [1.807, 2.05) is 30.9 Å². The predicted molar refractivity (Wildman–Crippen MR) is 114 cm³/mol. The van der Waals surface area contributed by atoms with E-state index in [0.29, 0.717) is 50.9 Å². The lowest BCUT2D eigenvalue weighted by Gasteiger charge is -2.33. The number of amides is 2. The number of hydrogen-bond acceptors (Lipinski definition) is 5. The van der Waals surface area contributed by atoms with Crippen molar-refractivity contribution in [1.82, 2.24) is 20.1 Å². The lowest BCUT2D eigenvalue weighted by Crippen LogP contribution is -2.47. The summed E-state index contributed by atoms with van der Waals surface area (Å²) in [5.74, 6) is 0.945. The van der Waals surface area contributed by atoms with E-state index in [4.69, 9.17) is 4.74 Å². The molecule has 1 N–H and O–H groups in total. The summed E-state index contributed by atoms with van der Waals surface area (Å²) in [5.41, 5.74) is 2.33. The zero-order valence-electron chi connectivity index (χ0n) is 18.2. The molecule has 2 saturated heterocycles. The first kappa shape index (κ1) is 21.2. The van der Waals surface area contributed by atoms with Crippen molar-refractivity contribution in [2.75, 3.05) is 39.4 Å². The molecule has 4 rings (SSSR count). The van der Waals surface area contributed by atoms with Crippen molar-refractivity contribution in [2.45, 2.75) is 58.0 Å². The number of pyridine rings is 1. The maximum Gasteiger partial charge on any atom is 0.253 e. The smallest absolute Gasteiger partial charge is 0.253 e. The molecule has 0 unspecified atom stereocenters. The fourth-order valence-electron chi connectivity index (χ4n) is 4.73. The lowest BCUT2D eigenvalue weighted by atomic mass is 10.1. The first-order valence-electron chi connectivity index (χ1n) is 11.3. The van der Waals surface area contributed by atoms with Crippen LogP contribution in [0.2, 0.25) is 0 Å². The molecule has 2 atom stereocenters. The Labute approximate surface area is 179 Å². The molecular formula is C23H34N4O3. The Hall–Kier alpha value is -1.99. The normalized spacial score (nSPS) is 24.8. The Bertz CT molecular complexity index is 774. The lowest BCUT2D eigenvalue weighted by molar-refractivity contribution is -0.136. The Morgan fingerprint density at radius 1 is 1.10 bits per heavy atom. The van der Waals surface area contributed by atoms with Gasteiger partial charge in [0.15, 0.2) is 0 Å². The standard InChI is InChI=1S/C23H34N4O3/c1-16-3-8-21(17(2)25-16)23(29)24-14-20-7-6-19(27(20)15-18-4-5-18)13-22(28)26-9-11-30-12-10-26/h3,8,18-20H,4-7,9-15H2,1-2H3,(H,24,29)/t19-,20+/m1/s1. The van der Waals surface area contributed by atoms with Crippen molar-refractivity contribution >= 4 is 11.8 Å². The molecular weight excluding hydrogens is 380 g/mol. The number of nitrogens with one attached hydrogen (secondary N) is 1. The molecule has 3 aliphatic rings. The third-order valence-electron chi connectivity index (χ3n) is 6.68. The van der Waals surface area contributed by atoms with Crippen molar-refractivity contribution in [3.05, 3.63) is 29.1 Å². The number of aromatic nitrogens is 1. The number of rotatable bonds is 7. The molecule has 0 bridgehead atoms. The van der Waals surface area contributed by atoms with Crippen molar-refractivity contribution in [3.63, 3.8) is 0 Å². The van der Waals surface area contributed by atoms with E-state index in [1.165, 1.54) is 12.8 Å². The summed E-state index contributed by atoms with van der Waals surface area (Å²) in [6, 6.07) is 4.32. The SMILES string of the molecule is Cc1ccc(C(=O)NC[C@@H]2CC[C@H](CC(=O)N3CCOCC3)N2CC2CC2)c(C)n1. The zero-order valence-corrected chi connectivity index (χ0v) is 18.2. The Kier molecular flexibility index (Phi) is 6.68. The van der Waals surface area contributed by atoms with Gasteiger partial charge in [-0.1, -0.05) is 0 Å². The fourth-order valence-corrected chi connectivity index (χ4v) is 4.73.